The Bertz CT molecular complexity index is 442. The largest absolute Gasteiger partial charge is 0.394 e. The zero-order valence-corrected chi connectivity index (χ0v) is 12.5. The molecule has 1 unspecified atom stereocenters. The molecule has 1 aliphatic heterocycles. The number of hydrogen-bond acceptors (Lipinski definition) is 3. The molecule has 0 bridgehead atoms. The molecule has 1 aromatic rings. The van der Waals surface area contributed by atoms with Crippen molar-refractivity contribution in [2.24, 2.45) is 5.41 Å². The van der Waals surface area contributed by atoms with Crippen LogP contribution in [0.15, 0.2) is 18.2 Å². The highest BCUT2D eigenvalue weighted by Gasteiger charge is 2.30. The Morgan fingerprint density at radius 1 is 1.37 bits per heavy atom. The molecule has 0 amide bonds. The minimum atomic E-state index is 0.156. The van der Waals surface area contributed by atoms with Gasteiger partial charge in [-0.3, -0.25) is 0 Å². The maximum atomic E-state index is 9.68. The Morgan fingerprint density at radius 2 is 2.11 bits per heavy atom. The number of rotatable bonds is 2. The molecular formula is C16H26N2O. The molecule has 2 rings (SSSR count). The number of aliphatic hydroxyl groups excluding tert-OH is 1. The summed E-state index contributed by atoms with van der Waals surface area (Å²) in [7, 11) is 0. The zero-order chi connectivity index (χ0) is 14.0. The molecule has 1 aromatic carbocycles. The van der Waals surface area contributed by atoms with E-state index < -0.39 is 0 Å². The van der Waals surface area contributed by atoms with Crippen LogP contribution in [0.3, 0.4) is 0 Å². The van der Waals surface area contributed by atoms with Crippen LogP contribution in [0, 0.1) is 19.3 Å². The molecule has 1 atom stereocenters. The topological polar surface area (TPSA) is 35.5 Å². The summed E-state index contributed by atoms with van der Waals surface area (Å²) in [6.07, 6.45) is 0. The van der Waals surface area contributed by atoms with Gasteiger partial charge in [-0.2, -0.15) is 0 Å². The molecule has 1 fully saturated rings. The van der Waals surface area contributed by atoms with E-state index in [1.807, 2.05) is 0 Å². The van der Waals surface area contributed by atoms with Crippen LogP contribution in [0.4, 0.5) is 5.69 Å². The molecular weight excluding hydrogens is 236 g/mol. The first-order valence-corrected chi connectivity index (χ1v) is 7.08. The second-order valence-electron chi connectivity index (χ2n) is 6.55. The second kappa shape index (κ2) is 5.51. The van der Waals surface area contributed by atoms with Gasteiger partial charge in [0, 0.05) is 25.3 Å². The predicted molar refractivity (Wildman–Crippen MR) is 80.8 cm³/mol. The third-order valence-electron chi connectivity index (χ3n) is 3.90. The number of aliphatic hydroxyl groups is 1. The maximum absolute atomic E-state index is 9.68. The Hall–Kier alpha value is -1.06. The average molecular weight is 262 g/mol. The van der Waals surface area contributed by atoms with Crippen LogP contribution in [-0.2, 0) is 0 Å². The highest BCUT2D eigenvalue weighted by molar-refractivity contribution is 5.55. The number of benzene rings is 1. The lowest BCUT2D eigenvalue weighted by Gasteiger charge is -2.36. The summed E-state index contributed by atoms with van der Waals surface area (Å²) >= 11 is 0. The van der Waals surface area contributed by atoms with Crippen molar-refractivity contribution in [3.05, 3.63) is 29.3 Å². The number of nitrogens with zero attached hydrogens (tertiary/aromatic N) is 1. The summed E-state index contributed by atoms with van der Waals surface area (Å²) < 4.78 is 0. The molecule has 0 aromatic heterocycles. The Labute approximate surface area is 116 Å². The zero-order valence-electron chi connectivity index (χ0n) is 12.5. The van der Waals surface area contributed by atoms with Crippen molar-refractivity contribution in [2.75, 3.05) is 31.1 Å². The van der Waals surface area contributed by atoms with Gasteiger partial charge in [-0.25, -0.2) is 0 Å². The summed E-state index contributed by atoms with van der Waals surface area (Å²) in [6, 6.07) is 6.72. The highest BCUT2D eigenvalue weighted by Crippen LogP contribution is 2.29. The summed E-state index contributed by atoms with van der Waals surface area (Å²) in [6.45, 7) is 11.8. The molecule has 0 saturated carbocycles. The number of aryl methyl sites for hydroxylation is 2. The monoisotopic (exact) mass is 262 g/mol. The van der Waals surface area contributed by atoms with Crippen molar-refractivity contribution < 1.29 is 5.11 Å². The summed E-state index contributed by atoms with van der Waals surface area (Å²) in [5, 5.41) is 13.1. The van der Waals surface area contributed by atoms with E-state index in [0.29, 0.717) is 0 Å². The number of nitrogens with one attached hydrogen (secondary N) is 1. The summed E-state index contributed by atoms with van der Waals surface area (Å²) in [5.74, 6) is 0. The van der Waals surface area contributed by atoms with Crippen LogP contribution >= 0.6 is 0 Å². The van der Waals surface area contributed by atoms with E-state index >= 15 is 0 Å². The van der Waals surface area contributed by atoms with Gasteiger partial charge in [0.25, 0.3) is 0 Å². The summed E-state index contributed by atoms with van der Waals surface area (Å²) in [4.78, 5) is 2.37. The lowest BCUT2D eigenvalue weighted by molar-refractivity contribution is 0.258. The average Bonchev–Trinajstić information content (AvgIpc) is 2.47. The van der Waals surface area contributed by atoms with Crippen molar-refractivity contribution in [3.8, 4) is 0 Å². The van der Waals surface area contributed by atoms with Gasteiger partial charge >= 0.3 is 0 Å². The normalized spacial score (nSPS) is 23.2. The quantitative estimate of drug-likeness (QED) is 0.857. The van der Waals surface area contributed by atoms with Gasteiger partial charge in [0.2, 0.25) is 0 Å². The Morgan fingerprint density at radius 3 is 2.74 bits per heavy atom. The van der Waals surface area contributed by atoms with Gasteiger partial charge in [-0.15, -0.1) is 0 Å². The number of hydrogen-bond donors (Lipinski definition) is 2. The van der Waals surface area contributed by atoms with Crippen LogP contribution in [0.1, 0.15) is 25.0 Å². The molecule has 1 saturated heterocycles. The van der Waals surface area contributed by atoms with Crippen LogP contribution in [0.5, 0.6) is 0 Å². The molecule has 1 aliphatic rings. The second-order valence-corrected chi connectivity index (χ2v) is 6.55. The Balaban J connectivity index is 2.36. The third kappa shape index (κ3) is 3.28. The first-order chi connectivity index (χ1) is 8.93. The molecule has 3 heteroatoms. The molecule has 0 spiro atoms. The smallest absolute Gasteiger partial charge is 0.0647 e. The summed E-state index contributed by atoms with van der Waals surface area (Å²) in [5.41, 5.74) is 4.04. The van der Waals surface area contributed by atoms with Gasteiger partial charge in [-0.05, 0) is 30.9 Å². The minimum absolute atomic E-state index is 0.156. The fraction of sp³-hybridized carbons (Fsp3) is 0.625. The van der Waals surface area contributed by atoms with Crippen molar-refractivity contribution in [1.82, 2.24) is 5.32 Å². The SMILES string of the molecule is Cc1ccc(N2CC(C)(C)CNCC2CO)c(C)c1. The van der Waals surface area contributed by atoms with Gasteiger partial charge < -0.3 is 15.3 Å². The first-order valence-electron chi connectivity index (χ1n) is 7.08. The molecule has 1 heterocycles. The van der Waals surface area contributed by atoms with Crippen molar-refractivity contribution in [1.29, 1.82) is 0 Å². The van der Waals surface area contributed by atoms with E-state index in [1.165, 1.54) is 16.8 Å². The van der Waals surface area contributed by atoms with Crippen LogP contribution in [-0.4, -0.2) is 37.4 Å². The lowest BCUT2D eigenvalue weighted by Crippen LogP contribution is -2.44. The van der Waals surface area contributed by atoms with E-state index in [1.54, 1.807) is 0 Å². The predicted octanol–water partition coefficient (Wildman–Crippen LogP) is 2.10. The van der Waals surface area contributed by atoms with Crippen molar-refractivity contribution in [3.63, 3.8) is 0 Å². The molecule has 0 radical (unpaired) electrons. The Kier molecular flexibility index (Phi) is 4.16. The van der Waals surface area contributed by atoms with E-state index in [9.17, 15) is 5.11 Å². The van der Waals surface area contributed by atoms with E-state index in [2.05, 4.69) is 56.1 Å². The molecule has 3 nitrogen and oxygen atoms in total. The van der Waals surface area contributed by atoms with Crippen LogP contribution in [0.2, 0.25) is 0 Å². The minimum Gasteiger partial charge on any atom is -0.394 e. The van der Waals surface area contributed by atoms with Crippen molar-refractivity contribution >= 4 is 5.69 Å². The van der Waals surface area contributed by atoms with E-state index in [4.69, 9.17) is 0 Å². The van der Waals surface area contributed by atoms with E-state index in [-0.39, 0.29) is 18.1 Å². The first kappa shape index (κ1) is 14.4. The molecule has 106 valence electrons. The van der Waals surface area contributed by atoms with Gasteiger partial charge in [-0.1, -0.05) is 31.5 Å². The van der Waals surface area contributed by atoms with Crippen LogP contribution < -0.4 is 10.2 Å². The third-order valence-corrected chi connectivity index (χ3v) is 3.90. The maximum Gasteiger partial charge on any atom is 0.0647 e. The van der Waals surface area contributed by atoms with Gasteiger partial charge in [0.1, 0.15) is 0 Å². The number of anilines is 1. The highest BCUT2D eigenvalue weighted by atomic mass is 16.3. The van der Waals surface area contributed by atoms with Crippen molar-refractivity contribution in [2.45, 2.75) is 33.7 Å². The lowest BCUT2D eigenvalue weighted by atomic mass is 9.92. The van der Waals surface area contributed by atoms with Gasteiger partial charge in [0.05, 0.1) is 12.6 Å². The molecule has 2 N–H and O–H groups in total. The fourth-order valence-corrected chi connectivity index (χ4v) is 2.91. The fourth-order valence-electron chi connectivity index (χ4n) is 2.91. The standard InChI is InChI=1S/C16H26N2O/c1-12-5-6-15(13(2)7-12)18-11-16(3,4)10-17-8-14(18)9-19/h5-7,14,17,19H,8-11H2,1-4H3. The van der Waals surface area contributed by atoms with E-state index in [0.717, 1.165) is 19.6 Å². The molecule has 0 aliphatic carbocycles. The van der Waals surface area contributed by atoms with Gasteiger partial charge in [0.15, 0.2) is 0 Å². The van der Waals surface area contributed by atoms with Crippen LogP contribution in [0.25, 0.3) is 0 Å². The molecule has 19 heavy (non-hydrogen) atoms.